The molecule has 0 spiro atoms. The Balaban J connectivity index is 1.95. The Labute approximate surface area is 100 Å². The van der Waals surface area contributed by atoms with E-state index < -0.39 is 4.92 Å². The Morgan fingerprint density at radius 1 is 1.41 bits per heavy atom. The smallest absolute Gasteiger partial charge is 0.269 e. The second kappa shape index (κ2) is 4.84. The SMILES string of the molecule is CC(C(O)Cc1ccc([N+](=O)[O-])cc1)C1CC1. The van der Waals surface area contributed by atoms with Crippen molar-refractivity contribution in [3.05, 3.63) is 39.9 Å². The Kier molecular flexibility index (Phi) is 3.43. The first-order valence-corrected chi connectivity index (χ1v) is 5.99. The summed E-state index contributed by atoms with van der Waals surface area (Å²) in [4.78, 5) is 10.1. The Bertz CT molecular complexity index is 398. The van der Waals surface area contributed by atoms with Crippen molar-refractivity contribution in [3.8, 4) is 0 Å². The predicted octanol–water partition coefficient (Wildman–Crippen LogP) is 2.54. The lowest BCUT2D eigenvalue weighted by Gasteiger charge is -2.18. The monoisotopic (exact) mass is 235 g/mol. The van der Waals surface area contributed by atoms with Gasteiger partial charge in [-0.05, 0) is 36.7 Å². The fourth-order valence-electron chi connectivity index (χ4n) is 2.12. The minimum absolute atomic E-state index is 0.0958. The molecule has 4 heteroatoms. The highest BCUT2D eigenvalue weighted by molar-refractivity contribution is 5.33. The topological polar surface area (TPSA) is 63.4 Å². The van der Waals surface area contributed by atoms with Crippen molar-refractivity contribution in [3.63, 3.8) is 0 Å². The second-order valence-electron chi connectivity index (χ2n) is 4.89. The van der Waals surface area contributed by atoms with Crippen molar-refractivity contribution in [1.82, 2.24) is 0 Å². The lowest BCUT2D eigenvalue weighted by atomic mass is 9.94. The molecule has 4 nitrogen and oxygen atoms in total. The molecule has 0 aliphatic heterocycles. The molecule has 1 fully saturated rings. The van der Waals surface area contributed by atoms with E-state index in [1.807, 2.05) is 0 Å². The quantitative estimate of drug-likeness (QED) is 0.630. The van der Waals surface area contributed by atoms with Crippen LogP contribution in [0.1, 0.15) is 25.3 Å². The zero-order valence-electron chi connectivity index (χ0n) is 9.87. The molecular formula is C13H17NO3. The maximum absolute atomic E-state index is 10.5. The third-order valence-corrected chi connectivity index (χ3v) is 3.56. The van der Waals surface area contributed by atoms with Crippen LogP contribution in [0.4, 0.5) is 5.69 Å². The first-order valence-electron chi connectivity index (χ1n) is 5.99. The van der Waals surface area contributed by atoms with Gasteiger partial charge in [0.05, 0.1) is 11.0 Å². The van der Waals surface area contributed by atoms with E-state index in [1.54, 1.807) is 12.1 Å². The highest BCUT2D eigenvalue weighted by Gasteiger charge is 2.32. The molecule has 2 unspecified atom stereocenters. The Morgan fingerprint density at radius 2 is 2.00 bits per heavy atom. The summed E-state index contributed by atoms with van der Waals surface area (Å²) in [5, 5.41) is 20.5. The van der Waals surface area contributed by atoms with E-state index in [-0.39, 0.29) is 11.8 Å². The molecule has 2 rings (SSSR count). The van der Waals surface area contributed by atoms with Gasteiger partial charge in [0.1, 0.15) is 0 Å². The number of rotatable bonds is 5. The van der Waals surface area contributed by atoms with Crippen LogP contribution in [0, 0.1) is 22.0 Å². The second-order valence-corrected chi connectivity index (χ2v) is 4.89. The maximum Gasteiger partial charge on any atom is 0.269 e. The number of nitro benzene ring substituents is 1. The molecule has 1 N–H and O–H groups in total. The average molecular weight is 235 g/mol. The van der Waals surface area contributed by atoms with Crippen molar-refractivity contribution < 1.29 is 10.0 Å². The highest BCUT2D eigenvalue weighted by Crippen LogP contribution is 2.38. The minimum Gasteiger partial charge on any atom is -0.392 e. The fraction of sp³-hybridized carbons (Fsp3) is 0.538. The van der Waals surface area contributed by atoms with Crippen molar-refractivity contribution in [2.75, 3.05) is 0 Å². The molecule has 0 saturated heterocycles. The summed E-state index contributed by atoms with van der Waals surface area (Å²) in [6.07, 6.45) is 2.68. The lowest BCUT2D eigenvalue weighted by Crippen LogP contribution is -2.21. The van der Waals surface area contributed by atoms with Crippen LogP contribution in [-0.2, 0) is 6.42 Å². The van der Waals surface area contributed by atoms with Gasteiger partial charge in [-0.25, -0.2) is 0 Å². The third-order valence-electron chi connectivity index (χ3n) is 3.56. The lowest BCUT2D eigenvalue weighted by molar-refractivity contribution is -0.384. The van der Waals surface area contributed by atoms with Crippen LogP contribution in [0.5, 0.6) is 0 Å². The van der Waals surface area contributed by atoms with E-state index in [9.17, 15) is 15.2 Å². The fourth-order valence-corrected chi connectivity index (χ4v) is 2.12. The first-order chi connectivity index (χ1) is 8.08. The van der Waals surface area contributed by atoms with Crippen molar-refractivity contribution in [2.45, 2.75) is 32.3 Å². The number of benzene rings is 1. The zero-order chi connectivity index (χ0) is 12.4. The maximum atomic E-state index is 10.5. The van der Waals surface area contributed by atoms with Crippen LogP contribution in [0.15, 0.2) is 24.3 Å². The number of nitrogens with zero attached hydrogens (tertiary/aromatic N) is 1. The molecule has 1 aliphatic carbocycles. The van der Waals surface area contributed by atoms with E-state index in [2.05, 4.69) is 6.92 Å². The normalized spacial score (nSPS) is 18.7. The summed E-state index contributed by atoms with van der Waals surface area (Å²) >= 11 is 0. The molecule has 92 valence electrons. The molecular weight excluding hydrogens is 218 g/mol. The van der Waals surface area contributed by atoms with Gasteiger partial charge in [0.15, 0.2) is 0 Å². The van der Waals surface area contributed by atoms with Gasteiger partial charge in [0, 0.05) is 12.1 Å². The first kappa shape index (κ1) is 12.0. The van der Waals surface area contributed by atoms with Crippen LogP contribution >= 0.6 is 0 Å². The summed E-state index contributed by atoms with van der Waals surface area (Å²) in [5.41, 5.74) is 1.05. The molecule has 1 saturated carbocycles. The molecule has 17 heavy (non-hydrogen) atoms. The molecule has 1 aromatic carbocycles. The number of nitro groups is 1. The molecule has 2 atom stereocenters. The molecule has 0 aromatic heterocycles. The Morgan fingerprint density at radius 3 is 2.47 bits per heavy atom. The number of hydrogen-bond donors (Lipinski definition) is 1. The molecule has 0 amide bonds. The van der Waals surface area contributed by atoms with E-state index in [0.717, 1.165) is 5.56 Å². The van der Waals surface area contributed by atoms with Crippen LogP contribution in [-0.4, -0.2) is 16.1 Å². The predicted molar refractivity (Wildman–Crippen MR) is 64.7 cm³/mol. The molecule has 0 heterocycles. The van der Waals surface area contributed by atoms with Gasteiger partial charge in [-0.1, -0.05) is 19.1 Å². The number of aliphatic hydroxyl groups is 1. The van der Waals surface area contributed by atoms with Gasteiger partial charge in [0.2, 0.25) is 0 Å². The molecule has 1 aromatic rings. The van der Waals surface area contributed by atoms with Gasteiger partial charge >= 0.3 is 0 Å². The highest BCUT2D eigenvalue weighted by atomic mass is 16.6. The number of non-ortho nitro benzene ring substituents is 1. The summed E-state index contributed by atoms with van der Waals surface area (Å²) in [5.74, 6) is 0.994. The molecule has 1 aliphatic rings. The van der Waals surface area contributed by atoms with E-state index >= 15 is 0 Å². The van der Waals surface area contributed by atoms with Gasteiger partial charge in [-0.2, -0.15) is 0 Å². The standard InChI is InChI=1S/C13H17NO3/c1-9(11-4-5-11)13(15)8-10-2-6-12(7-3-10)14(16)17/h2-3,6-7,9,11,13,15H,4-5,8H2,1H3. The van der Waals surface area contributed by atoms with Gasteiger partial charge in [-0.15, -0.1) is 0 Å². The van der Waals surface area contributed by atoms with E-state index in [4.69, 9.17) is 0 Å². The Hall–Kier alpha value is -1.42. The average Bonchev–Trinajstić information content (AvgIpc) is 3.12. The summed E-state index contributed by atoms with van der Waals surface area (Å²) in [6, 6.07) is 6.43. The van der Waals surface area contributed by atoms with Crippen LogP contribution in [0.2, 0.25) is 0 Å². The summed E-state index contributed by atoms with van der Waals surface area (Å²) < 4.78 is 0. The minimum atomic E-state index is -0.410. The van der Waals surface area contributed by atoms with E-state index in [1.165, 1.54) is 25.0 Å². The van der Waals surface area contributed by atoms with E-state index in [0.29, 0.717) is 18.3 Å². The summed E-state index contributed by atoms with van der Waals surface area (Å²) in [7, 11) is 0. The third kappa shape index (κ3) is 3.03. The van der Waals surface area contributed by atoms with Crippen molar-refractivity contribution in [1.29, 1.82) is 0 Å². The largest absolute Gasteiger partial charge is 0.392 e. The summed E-state index contributed by atoms with van der Waals surface area (Å²) in [6.45, 7) is 2.08. The van der Waals surface area contributed by atoms with Crippen molar-refractivity contribution >= 4 is 5.69 Å². The zero-order valence-corrected chi connectivity index (χ0v) is 9.87. The van der Waals surface area contributed by atoms with Gasteiger partial charge in [-0.3, -0.25) is 10.1 Å². The number of aliphatic hydroxyl groups excluding tert-OH is 1. The van der Waals surface area contributed by atoms with Crippen LogP contribution in [0.3, 0.4) is 0 Å². The molecule has 0 radical (unpaired) electrons. The molecule has 0 bridgehead atoms. The number of hydrogen-bond acceptors (Lipinski definition) is 3. The van der Waals surface area contributed by atoms with Gasteiger partial charge in [0.25, 0.3) is 5.69 Å². The van der Waals surface area contributed by atoms with Crippen LogP contribution in [0.25, 0.3) is 0 Å². The van der Waals surface area contributed by atoms with Crippen LogP contribution < -0.4 is 0 Å². The van der Waals surface area contributed by atoms with Crippen molar-refractivity contribution in [2.24, 2.45) is 11.8 Å². The van der Waals surface area contributed by atoms with Gasteiger partial charge < -0.3 is 5.11 Å².